The average molecular weight is 1170 g/mol. The number of nitrogens with one attached hydrogen (secondary N) is 1. The summed E-state index contributed by atoms with van der Waals surface area (Å²) < 4.78 is 27.6. The van der Waals surface area contributed by atoms with Crippen LogP contribution in [-0.2, 0) is 54.5 Å². The first-order valence-corrected chi connectivity index (χ1v) is 41.2. The van der Waals surface area contributed by atoms with E-state index in [4.69, 9.17) is 34.6 Å². The fourth-order valence-corrected chi connectivity index (χ4v) is 13.9. The molecule has 2 heterocycles. The second-order valence-electron chi connectivity index (χ2n) is 28.6. The molecule has 81 heavy (non-hydrogen) atoms. The first-order chi connectivity index (χ1) is 38.1. The zero-order chi connectivity index (χ0) is 59.0. The maximum absolute atomic E-state index is 13.9. The van der Waals surface area contributed by atoms with Gasteiger partial charge in [-0.2, -0.15) is 10.2 Å². The van der Waals surface area contributed by atoms with Gasteiger partial charge in [-0.15, -0.1) is 0 Å². The van der Waals surface area contributed by atoms with Crippen molar-refractivity contribution in [2.75, 3.05) is 26.4 Å². The number of rotatable bonds is 31. The summed E-state index contributed by atoms with van der Waals surface area (Å²) in [6.07, 6.45) is 11.4. The molecule has 2 aromatic heterocycles. The van der Waals surface area contributed by atoms with Crippen molar-refractivity contribution in [2.24, 2.45) is 41.2 Å². The smallest absolute Gasteiger partial charge is 0.407 e. The Labute approximate surface area is 490 Å². The standard InChI is InChI=1S/C38H63N3O5Si2.C27H41N3O2Si/c1-27-34(28(2)41(40-27)26-44-23-24-47(6,7)8)30-15-13-29(14-16-30)25-33(42)36(35(31-17-18-31)32-19-20-32)39-37(43)45-21-11-12-22-46-48(9,10)38(3,4)5;1-18-25(19(2)30(29-18)17-32-14-15-33(3,4)5)21-8-6-20(7-9-21)16-24(31)27(28)26(22-10-11-22)23-12-13-23/h13-16,31-32,35-36H,11-12,17-26H2,1-10H3,(H,39,43);6-9,22-23,26-27H,10-17,28H2,1-5H3/t36-;27-/m11/s1. The summed E-state index contributed by atoms with van der Waals surface area (Å²) >= 11 is 0. The normalized spacial score (nSPS) is 16.8. The monoisotopic (exact) mass is 1160 g/mol. The van der Waals surface area contributed by atoms with Gasteiger partial charge >= 0.3 is 6.09 Å². The molecule has 4 saturated carbocycles. The topological polar surface area (TPSA) is 162 Å². The molecule has 0 saturated heterocycles. The number of Topliss-reactive ketones (excluding diaryl/α,β-unsaturated/α-hetero) is 2. The summed E-state index contributed by atoms with van der Waals surface area (Å²) in [4.78, 5) is 39.8. The van der Waals surface area contributed by atoms with E-state index in [-0.39, 0.29) is 35.0 Å². The van der Waals surface area contributed by atoms with E-state index in [0.29, 0.717) is 62.7 Å². The molecule has 0 bridgehead atoms. The molecule has 448 valence electrons. The van der Waals surface area contributed by atoms with Crippen LogP contribution in [0.4, 0.5) is 4.79 Å². The maximum Gasteiger partial charge on any atom is 0.407 e. The van der Waals surface area contributed by atoms with Crippen molar-refractivity contribution in [2.45, 2.75) is 221 Å². The number of aryl methyl sites for hydroxylation is 2. The summed E-state index contributed by atoms with van der Waals surface area (Å²) in [5.74, 6) is 3.31. The van der Waals surface area contributed by atoms with E-state index >= 15 is 0 Å². The number of nitrogens with two attached hydrogens (primary N) is 1. The van der Waals surface area contributed by atoms with E-state index in [9.17, 15) is 14.4 Å². The number of hydrogen-bond acceptors (Lipinski definition) is 10. The Hall–Kier alpha value is -4.04. The van der Waals surface area contributed by atoms with E-state index in [1.54, 1.807) is 0 Å². The number of amides is 1. The largest absolute Gasteiger partial charge is 0.450 e. The number of ketones is 2. The molecule has 1 amide bonds. The molecule has 3 N–H and O–H groups in total. The zero-order valence-electron chi connectivity index (χ0n) is 52.6. The minimum absolute atomic E-state index is 0.0712. The Morgan fingerprint density at radius 2 is 0.988 bits per heavy atom. The molecule has 0 spiro atoms. The summed E-state index contributed by atoms with van der Waals surface area (Å²) in [6.45, 7) is 37.1. The van der Waals surface area contributed by atoms with Gasteiger partial charge in [0.15, 0.2) is 19.9 Å². The molecular weight excluding hydrogens is 1060 g/mol. The second kappa shape index (κ2) is 27.8. The molecule has 2 aromatic carbocycles. The van der Waals surface area contributed by atoms with Gasteiger partial charge in [0, 0.05) is 71.3 Å². The fraction of sp³-hybridized carbons (Fsp3) is 0.677. The zero-order valence-corrected chi connectivity index (χ0v) is 55.6. The van der Waals surface area contributed by atoms with E-state index in [0.717, 1.165) is 120 Å². The third-order valence-corrected chi connectivity index (χ3v) is 25.9. The first kappa shape index (κ1) is 64.5. The van der Waals surface area contributed by atoms with Crippen LogP contribution in [0, 0.1) is 63.2 Å². The van der Waals surface area contributed by atoms with Gasteiger partial charge in [0.1, 0.15) is 13.5 Å². The molecular formula is C65H104N6O7Si3. The number of alkyl carbamates (subject to hydrolysis) is 1. The van der Waals surface area contributed by atoms with Crippen molar-refractivity contribution >= 4 is 42.1 Å². The van der Waals surface area contributed by atoms with Crippen molar-refractivity contribution in [3.63, 3.8) is 0 Å². The lowest BCUT2D eigenvalue weighted by Gasteiger charge is -2.36. The number of carbonyl (C=O) groups excluding carboxylic acids is 3. The van der Waals surface area contributed by atoms with Gasteiger partial charge in [-0.1, -0.05) is 109 Å². The minimum Gasteiger partial charge on any atom is -0.450 e. The highest BCUT2D eigenvalue weighted by molar-refractivity contribution is 6.76. The molecule has 0 aliphatic heterocycles. The van der Waals surface area contributed by atoms with Crippen molar-refractivity contribution in [1.82, 2.24) is 24.9 Å². The van der Waals surface area contributed by atoms with Crippen LogP contribution in [0.15, 0.2) is 48.5 Å². The van der Waals surface area contributed by atoms with Gasteiger partial charge < -0.3 is 29.7 Å². The predicted molar refractivity (Wildman–Crippen MR) is 336 cm³/mol. The SMILES string of the molecule is Cc1nn(COCC[Si](C)(C)C)c(C)c1-c1ccc(CC(=O)[C@@H](N)C(C2CC2)C2CC2)cc1.Cc1nn(COCC[Si](C)(C)C)c(C)c1-c1ccc(CC(=O)[C@@H](NC(=O)OCCCCO[Si](C)(C)C(C)(C)C)C(C2CC2)C2CC2)cc1. The number of carbonyl (C=O) groups is 3. The number of unbranched alkanes of at least 4 members (excludes halogenated alkanes) is 1. The number of aromatic nitrogens is 4. The number of nitrogens with zero attached hydrogens (tertiary/aromatic N) is 4. The first-order valence-electron chi connectivity index (χ1n) is 30.9. The van der Waals surface area contributed by atoms with Gasteiger partial charge in [-0.25, -0.2) is 14.2 Å². The van der Waals surface area contributed by atoms with Crippen LogP contribution < -0.4 is 11.1 Å². The van der Waals surface area contributed by atoms with Crippen LogP contribution in [0.25, 0.3) is 22.3 Å². The van der Waals surface area contributed by atoms with Crippen LogP contribution in [0.1, 0.15) is 119 Å². The summed E-state index contributed by atoms with van der Waals surface area (Å²) in [6, 6.07) is 18.1. The third kappa shape index (κ3) is 19.2. The molecule has 4 aliphatic carbocycles. The Balaban J connectivity index is 0.000000250. The van der Waals surface area contributed by atoms with E-state index in [1.165, 1.54) is 25.7 Å². The van der Waals surface area contributed by atoms with Gasteiger partial charge in [-0.3, -0.25) is 9.59 Å². The minimum atomic E-state index is -1.78. The van der Waals surface area contributed by atoms with Crippen LogP contribution in [0.2, 0.25) is 69.5 Å². The van der Waals surface area contributed by atoms with Gasteiger partial charge in [-0.05, 0) is 180 Å². The molecule has 2 atom stereocenters. The molecule has 4 aliphatic rings. The summed E-state index contributed by atoms with van der Waals surface area (Å²) in [5, 5.41) is 12.7. The van der Waals surface area contributed by atoms with E-state index in [2.05, 4.69) is 129 Å². The lowest BCUT2D eigenvalue weighted by Crippen LogP contribution is -2.48. The quantitative estimate of drug-likeness (QED) is 0.0366. The Morgan fingerprint density at radius 1 is 0.593 bits per heavy atom. The summed E-state index contributed by atoms with van der Waals surface area (Å²) in [7, 11) is -4.01. The number of ether oxygens (including phenoxy) is 3. The molecule has 4 fully saturated rings. The molecule has 0 radical (unpaired) electrons. The van der Waals surface area contributed by atoms with Crippen molar-refractivity contribution < 1.29 is 33.0 Å². The maximum atomic E-state index is 13.9. The number of hydrogen-bond donors (Lipinski definition) is 2. The van der Waals surface area contributed by atoms with Crippen LogP contribution >= 0.6 is 0 Å². The van der Waals surface area contributed by atoms with Crippen molar-refractivity contribution in [3.05, 3.63) is 82.4 Å². The van der Waals surface area contributed by atoms with Gasteiger partial charge in [0.25, 0.3) is 0 Å². The van der Waals surface area contributed by atoms with Crippen LogP contribution in [-0.4, -0.2) is 100 Å². The molecule has 0 unspecified atom stereocenters. The highest BCUT2D eigenvalue weighted by Gasteiger charge is 2.49. The molecule has 16 heteroatoms. The lowest BCUT2D eigenvalue weighted by atomic mass is 9.85. The summed E-state index contributed by atoms with van der Waals surface area (Å²) in [5.41, 5.74) is 17.1. The Morgan fingerprint density at radius 3 is 1.38 bits per heavy atom. The third-order valence-electron chi connectivity index (χ3n) is 17.9. The van der Waals surface area contributed by atoms with Crippen molar-refractivity contribution in [3.8, 4) is 22.3 Å². The number of benzene rings is 2. The predicted octanol–water partition coefficient (Wildman–Crippen LogP) is 14.3. The second-order valence-corrected chi connectivity index (χ2v) is 44.6. The highest BCUT2D eigenvalue weighted by Crippen LogP contribution is 2.52. The van der Waals surface area contributed by atoms with E-state index in [1.807, 2.05) is 35.3 Å². The van der Waals surface area contributed by atoms with Crippen LogP contribution in [0.3, 0.4) is 0 Å². The van der Waals surface area contributed by atoms with Gasteiger partial charge in [0.05, 0.1) is 30.1 Å². The molecule has 13 nitrogen and oxygen atoms in total. The average Bonchev–Trinajstić information content (AvgIpc) is 4.35. The highest BCUT2D eigenvalue weighted by atomic mass is 28.4. The lowest BCUT2D eigenvalue weighted by molar-refractivity contribution is -0.122. The molecule has 4 aromatic rings. The van der Waals surface area contributed by atoms with Gasteiger partial charge in [0.2, 0.25) is 0 Å². The van der Waals surface area contributed by atoms with Crippen molar-refractivity contribution in [1.29, 1.82) is 0 Å². The van der Waals surface area contributed by atoms with Crippen LogP contribution in [0.5, 0.6) is 0 Å². The molecule has 8 rings (SSSR count). The fourth-order valence-electron chi connectivity index (χ4n) is 11.3. The Bertz CT molecular complexity index is 2680. The van der Waals surface area contributed by atoms with E-state index < -0.39 is 36.6 Å². The Kier molecular flexibility index (Phi) is 22.1.